The van der Waals surface area contributed by atoms with Crippen molar-refractivity contribution in [3.8, 4) is 0 Å². The van der Waals surface area contributed by atoms with E-state index in [-0.39, 0.29) is 6.10 Å². The fraction of sp³-hybridized carbons (Fsp3) is 0.833. The van der Waals surface area contributed by atoms with Crippen molar-refractivity contribution in [3.63, 3.8) is 0 Å². The van der Waals surface area contributed by atoms with Gasteiger partial charge in [0.2, 0.25) is 0 Å². The summed E-state index contributed by atoms with van der Waals surface area (Å²) in [4.78, 5) is 0. The van der Waals surface area contributed by atoms with Crippen LogP contribution in [0.4, 0.5) is 0 Å². The van der Waals surface area contributed by atoms with E-state index >= 15 is 0 Å². The average Bonchev–Trinajstić information content (AvgIpc) is 1.83. The van der Waals surface area contributed by atoms with Gasteiger partial charge in [-0.25, -0.2) is 0 Å². The zero-order valence-electron chi connectivity index (χ0n) is 10.0. The van der Waals surface area contributed by atoms with Crippen LogP contribution in [0.15, 0.2) is 12.2 Å². The molecule has 1 heteroatoms. The highest BCUT2D eigenvalue weighted by atomic mass is 16.3. The largest absolute Gasteiger partial charge is 0.393 e. The molecular weight excluding hydrogens is 160 g/mol. The Bertz CT molecular complexity index is 110. The molecule has 13 heavy (non-hydrogen) atoms. The molecule has 0 saturated heterocycles. The molecule has 0 aromatic heterocycles. The summed E-state index contributed by atoms with van der Waals surface area (Å²) in [6.07, 6.45) is 4.71. The number of hydrogen-bond donors (Lipinski definition) is 1. The van der Waals surface area contributed by atoms with E-state index in [0.717, 1.165) is 12.3 Å². The predicted molar refractivity (Wildman–Crippen MR) is 60.8 cm³/mol. The van der Waals surface area contributed by atoms with Gasteiger partial charge in [-0.3, -0.25) is 0 Å². The Balaban J connectivity index is 0. The van der Waals surface area contributed by atoms with Gasteiger partial charge in [0, 0.05) is 0 Å². The molecule has 0 aliphatic carbocycles. The highest BCUT2D eigenvalue weighted by Crippen LogP contribution is 1.97. The Morgan fingerprint density at radius 2 is 1.38 bits per heavy atom. The molecule has 0 heterocycles. The second kappa shape index (κ2) is 9.79. The standard InChI is InChI=1S/C8H16O.C4H10/c1-7(2)5-4-6-8(3)9;1-4(2)3/h4-5,7-9H,6H2,1-3H3;4H,1-3H3/b5-4+;/t8-;/m1./s1. The normalized spacial score (nSPS) is 13.3. The van der Waals surface area contributed by atoms with E-state index in [1.54, 1.807) is 6.92 Å². The third kappa shape index (κ3) is 33.9. The fourth-order valence-electron chi connectivity index (χ4n) is 0.548. The summed E-state index contributed by atoms with van der Waals surface area (Å²) in [6.45, 7) is 12.5. The Hall–Kier alpha value is -0.300. The second-order valence-corrected chi connectivity index (χ2v) is 4.49. The number of allylic oxidation sites excluding steroid dienone is 1. The molecule has 0 saturated carbocycles. The SMILES string of the molecule is CC(C)/C=C/C[C@@H](C)O.CC(C)C. The van der Waals surface area contributed by atoms with Crippen molar-refractivity contribution in [1.29, 1.82) is 0 Å². The molecule has 0 radical (unpaired) electrons. The molecule has 1 nitrogen and oxygen atoms in total. The molecule has 1 N–H and O–H groups in total. The summed E-state index contributed by atoms with van der Waals surface area (Å²) in [5.74, 6) is 1.43. The van der Waals surface area contributed by atoms with Gasteiger partial charge in [-0.1, -0.05) is 46.8 Å². The number of aliphatic hydroxyl groups is 1. The van der Waals surface area contributed by atoms with E-state index in [9.17, 15) is 0 Å². The first-order chi connectivity index (χ1) is 5.86. The van der Waals surface area contributed by atoms with Crippen molar-refractivity contribution in [2.24, 2.45) is 11.8 Å². The van der Waals surface area contributed by atoms with E-state index in [4.69, 9.17) is 5.11 Å². The van der Waals surface area contributed by atoms with Crippen LogP contribution in [0.3, 0.4) is 0 Å². The summed E-state index contributed by atoms with van der Waals surface area (Å²) in [7, 11) is 0. The number of aliphatic hydroxyl groups excluding tert-OH is 1. The molecule has 1 atom stereocenters. The number of hydrogen-bond acceptors (Lipinski definition) is 1. The van der Waals surface area contributed by atoms with Crippen molar-refractivity contribution in [2.75, 3.05) is 0 Å². The van der Waals surface area contributed by atoms with E-state index in [0.29, 0.717) is 5.92 Å². The third-order valence-corrected chi connectivity index (χ3v) is 0.998. The van der Waals surface area contributed by atoms with Crippen LogP contribution in [0, 0.1) is 11.8 Å². The lowest BCUT2D eigenvalue weighted by atomic mass is 10.2. The van der Waals surface area contributed by atoms with Crippen LogP contribution in [0.1, 0.15) is 48.0 Å². The third-order valence-electron chi connectivity index (χ3n) is 0.998. The van der Waals surface area contributed by atoms with Crippen LogP contribution in [0.5, 0.6) is 0 Å². The van der Waals surface area contributed by atoms with Crippen LogP contribution in [-0.2, 0) is 0 Å². The average molecular weight is 186 g/mol. The zero-order valence-corrected chi connectivity index (χ0v) is 10.0. The van der Waals surface area contributed by atoms with Gasteiger partial charge in [0.05, 0.1) is 6.10 Å². The van der Waals surface area contributed by atoms with Gasteiger partial charge in [-0.2, -0.15) is 0 Å². The van der Waals surface area contributed by atoms with Crippen LogP contribution in [0.2, 0.25) is 0 Å². The van der Waals surface area contributed by atoms with Gasteiger partial charge in [0.1, 0.15) is 0 Å². The minimum Gasteiger partial charge on any atom is -0.393 e. The first-order valence-electron chi connectivity index (χ1n) is 5.21. The summed E-state index contributed by atoms with van der Waals surface area (Å²) < 4.78 is 0. The van der Waals surface area contributed by atoms with E-state index < -0.39 is 0 Å². The fourth-order valence-corrected chi connectivity index (χ4v) is 0.548. The molecule has 0 aliphatic heterocycles. The maximum Gasteiger partial charge on any atom is 0.0546 e. The molecule has 0 rings (SSSR count). The van der Waals surface area contributed by atoms with Crippen molar-refractivity contribution < 1.29 is 5.11 Å². The number of rotatable bonds is 3. The molecule has 0 aromatic rings. The molecule has 0 fully saturated rings. The molecule has 0 aliphatic rings. The van der Waals surface area contributed by atoms with Gasteiger partial charge in [-0.05, 0) is 25.2 Å². The minimum atomic E-state index is -0.194. The smallest absolute Gasteiger partial charge is 0.0546 e. The monoisotopic (exact) mass is 186 g/mol. The molecule has 0 spiro atoms. The van der Waals surface area contributed by atoms with Crippen LogP contribution >= 0.6 is 0 Å². The minimum absolute atomic E-state index is 0.194. The zero-order chi connectivity index (χ0) is 10.9. The van der Waals surface area contributed by atoms with Crippen molar-refractivity contribution in [1.82, 2.24) is 0 Å². The Kier molecular flexibility index (Phi) is 11.4. The Labute approximate surface area is 83.9 Å². The molecule has 0 amide bonds. The van der Waals surface area contributed by atoms with Crippen molar-refractivity contribution in [2.45, 2.75) is 54.1 Å². The molecule has 0 bridgehead atoms. The predicted octanol–water partition coefficient (Wildman–Crippen LogP) is 3.63. The highest BCUT2D eigenvalue weighted by Gasteiger charge is 1.89. The van der Waals surface area contributed by atoms with Crippen LogP contribution < -0.4 is 0 Å². The van der Waals surface area contributed by atoms with E-state index in [1.807, 2.05) is 6.08 Å². The summed E-state index contributed by atoms with van der Waals surface area (Å²) >= 11 is 0. The second-order valence-electron chi connectivity index (χ2n) is 4.49. The van der Waals surface area contributed by atoms with Crippen molar-refractivity contribution >= 4 is 0 Å². The van der Waals surface area contributed by atoms with Gasteiger partial charge in [0.15, 0.2) is 0 Å². The van der Waals surface area contributed by atoms with Crippen LogP contribution in [-0.4, -0.2) is 11.2 Å². The van der Waals surface area contributed by atoms with Gasteiger partial charge < -0.3 is 5.11 Å². The molecule has 80 valence electrons. The van der Waals surface area contributed by atoms with E-state index in [2.05, 4.69) is 40.7 Å². The molecular formula is C12H26O. The lowest BCUT2D eigenvalue weighted by Gasteiger charge is -1.97. The molecule has 0 aromatic carbocycles. The van der Waals surface area contributed by atoms with Crippen LogP contribution in [0.25, 0.3) is 0 Å². The Morgan fingerprint density at radius 3 is 1.62 bits per heavy atom. The first-order valence-corrected chi connectivity index (χ1v) is 5.21. The van der Waals surface area contributed by atoms with Gasteiger partial charge in [-0.15, -0.1) is 0 Å². The first kappa shape index (κ1) is 15.2. The van der Waals surface area contributed by atoms with Gasteiger partial charge >= 0.3 is 0 Å². The molecule has 0 unspecified atom stereocenters. The highest BCUT2D eigenvalue weighted by molar-refractivity contribution is 4.85. The maximum absolute atomic E-state index is 8.81. The van der Waals surface area contributed by atoms with Gasteiger partial charge in [0.25, 0.3) is 0 Å². The summed E-state index contributed by atoms with van der Waals surface area (Å²) in [6, 6.07) is 0. The lowest BCUT2D eigenvalue weighted by molar-refractivity contribution is 0.198. The van der Waals surface area contributed by atoms with Crippen molar-refractivity contribution in [3.05, 3.63) is 12.2 Å². The topological polar surface area (TPSA) is 20.2 Å². The summed E-state index contributed by atoms with van der Waals surface area (Å²) in [5.41, 5.74) is 0. The lowest BCUT2D eigenvalue weighted by Crippen LogP contribution is -1.95. The Morgan fingerprint density at radius 1 is 1.00 bits per heavy atom. The summed E-state index contributed by atoms with van der Waals surface area (Å²) in [5, 5.41) is 8.81. The van der Waals surface area contributed by atoms with E-state index in [1.165, 1.54) is 0 Å². The quantitative estimate of drug-likeness (QED) is 0.667. The maximum atomic E-state index is 8.81.